The van der Waals surface area contributed by atoms with Crippen LogP contribution in [0, 0.1) is 17.1 Å². The Kier molecular flexibility index (Phi) is 8.23. The molecule has 1 fully saturated rings. The molecular formula is C27H27ClFN7O. The van der Waals surface area contributed by atoms with Crippen LogP contribution < -0.4 is 20.9 Å². The third kappa shape index (κ3) is 6.36. The van der Waals surface area contributed by atoms with Gasteiger partial charge in [-0.25, -0.2) is 9.37 Å². The molecule has 2 aromatic carbocycles. The number of nitriles is 1. The minimum Gasteiger partial charge on any atom is -0.380 e. The van der Waals surface area contributed by atoms with Crippen LogP contribution in [0.3, 0.4) is 0 Å². The Labute approximate surface area is 220 Å². The molecule has 190 valence electrons. The second-order valence-electron chi connectivity index (χ2n) is 8.62. The lowest BCUT2D eigenvalue weighted by Gasteiger charge is -2.34. The van der Waals surface area contributed by atoms with Crippen molar-refractivity contribution in [2.45, 2.75) is 6.54 Å². The van der Waals surface area contributed by atoms with Crippen LogP contribution in [0.25, 0.3) is 0 Å². The molecular weight excluding hydrogens is 493 g/mol. The highest BCUT2D eigenvalue weighted by atomic mass is 35.5. The standard InChI is InChI=1S/C27H27ClFN7O/c1-3-27(37)34-25-13-19(36-11-9-35(2)10-12-36)7-8-23(25)33-26-14-24(18(15-30)16-32-26)31-17-20-21(28)5-4-6-22(20)29/h3-8,13-14,16H,1,9-12,17H2,2H3,(H,34,37)(H2,31,32,33). The van der Waals surface area contributed by atoms with Gasteiger partial charge in [0.2, 0.25) is 5.91 Å². The third-order valence-corrected chi connectivity index (χ3v) is 6.47. The van der Waals surface area contributed by atoms with Gasteiger partial charge in [0.1, 0.15) is 17.7 Å². The van der Waals surface area contributed by atoms with Crippen molar-refractivity contribution in [1.29, 1.82) is 5.26 Å². The second kappa shape index (κ2) is 11.7. The minimum absolute atomic E-state index is 0.0873. The summed E-state index contributed by atoms with van der Waals surface area (Å²) in [5.41, 5.74) is 3.24. The van der Waals surface area contributed by atoms with Crippen molar-refractivity contribution in [3.05, 3.63) is 83.3 Å². The number of pyridine rings is 1. The largest absolute Gasteiger partial charge is 0.380 e. The fraction of sp³-hybridized carbons (Fsp3) is 0.222. The first kappa shape index (κ1) is 25.9. The summed E-state index contributed by atoms with van der Waals surface area (Å²) in [4.78, 5) is 21.0. The number of aromatic nitrogens is 1. The van der Waals surface area contributed by atoms with Crippen molar-refractivity contribution >= 4 is 46.1 Å². The molecule has 37 heavy (non-hydrogen) atoms. The molecule has 10 heteroatoms. The van der Waals surface area contributed by atoms with Gasteiger partial charge in [-0.2, -0.15) is 5.26 Å². The molecule has 0 saturated carbocycles. The molecule has 0 atom stereocenters. The fourth-order valence-corrected chi connectivity index (χ4v) is 4.20. The van der Waals surface area contributed by atoms with Gasteiger partial charge in [-0.05, 0) is 43.5 Å². The van der Waals surface area contributed by atoms with Crippen LogP contribution in [0.15, 0.2) is 61.3 Å². The van der Waals surface area contributed by atoms with E-state index in [1.807, 2.05) is 18.2 Å². The van der Waals surface area contributed by atoms with Gasteiger partial charge in [0.25, 0.3) is 0 Å². The summed E-state index contributed by atoms with van der Waals surface area (Å²) in [6.07, 6.45) is 2.64. The molecule has 0 aliphatic carbocycles. The highest BCUT2D eigenvalue weighted by Gasteiger charge is 2.17. The Balaban J connectivity index is 1.59. The quantitative estimate of drug-likeness (QED) is 0.361. The summed E-state index contributed by atoms with van der Waals surface area (Å²) >= 11 is 6.14. The number of rotatable bonds is 8. The van der Waals surface area contributed by atoms with Crippen LogP contribution in [0.4, 0.5) is 33.0 Å². The number of anilines is 5. The van der Waals surface area contributed by atoms with Crippen LogP contribution >= 0.6 is 11.6 Å². The molecule has 3 N–H and O–H groups in total. The highest BCUT2D eigenvalue weighted by Crippen LogP contribution is 2.32. The normalized spacial score (nSPS) is 13.5. The van der Waals surface area contributed by atoms with E-state index in [9.17, 15) is 14.4 Å². The molecule has 1 aliphatic rings. The third-order valence-electron chi connectivity index (χ3n) is 6.12. The van der Waals surface area contributed by atoms with Gasteiger partial charge < -0.3 is 25.8 Å². The summed E-state index contributed by atoms with van der Waals surface area (Å²) in [6.45, 7) is 7.31. The highest BCUT2D eigenvalue weighted by molar-refractivity contribution is 6.31. The Hall–Kier alpha value is -4.13. The van der Waals surface area contributed by atoms with Crippen molar-refractivity contribution in [2.24, 2.45) is 0 Å². The van der Waals surface area contributed by atoms with E-state index in [2.05, 4.69) is 50.4 Å². The minimum atomic E-state index is -0.436. The molecule has 0 radical (unpaired) electrons. The fourth-order valence-electron chi connectivity index (χ4n) is 3.97. The van der Waals surface area contributed by atoms with E-state index in [1.54, 1.807) is 12.1 Å². The maximum absolute atomic E-state index is 14.2. The number of benzene rings is 2. The molecule has 1 amide bonds. The van der Waals surface area contributed by atoms with Crippen LogP contribution in [-0.2, 0) is 11.3 Å². The van der Waals surface area contributed by atoms with Crippen molar-refractivity contribution in [2.75, 3.05) is 54.1 Å². The zero-order valence-electron chi connectivity index (χ0n) is 20.4. The van der Waals surface area contributed by atoms with Crippen molar-refractivity contribution < 1.29 is 9.18 Å². The molecule has 2 heterocycles. The predicted octanol–water partition coefficient (Wildman–Crippen LogP) is 4.98. The molecule has 4 rings (SSSR count). The van der Waals surface area contributed by atoms with Crippen molar-refractivity contribution in [3.63, 3.8) is 0 Å². The molecule has 0 unspecified atom stereocenters. The number of likely N-dealkylation sites (N-methyl/N-ethyl adjacent to an activating group) is 1. The average molecular weight is 520 g/mol. The summed E-state index contributed by atoms with van der Waals surface area (Å²) in [5, 5.41) is 19.0. The monoisotopic (exact) mass is 519 g/mol. The molecule has 1 saturated heterocycles. The van der Waals surface area contributed by atoms with E-state index in [1.165, 1.54) is 24.4 Å². The van der Waals surface area contributed by atoms with E-state index in [-0.39, 0.29) is 12.5 Å². The number of carbonyl (C=O) groups excluding carboxylic acids is 1. The van der Waals surface area contributed by atoms with Crippen LogP contribution in [0.2, 0.25) is 5.02 Å². The predicted molar refractivity (Wildman–Crippen MR) is 146 cm³/mol. The van der Waals surface area contributed by atoms with Gasteiger partial charge in [0.15, 0.2) is 0 Å². The molecule has 0 bridgehead atoms. The topological polar surface area (TPSA) is 96.3 Å². The number of hydrogen-bond donors (Lipinski definition) is 3. The van der Waals surface area contributed by atoms with Crippen molar-refractivity contribution in [3.8, 4) is 6.07 Å². The Bertz CT molecular complexity index is 1330. The Morgan fingerprint density at radius 2 is 1.97 bits per heavy atom. The van der Waals surface area contributed by atoms with Crippen molar-refractivity contribution in [1.82, 2.24) is 9.88 Å². The van der Waals surface area contributed by atoms with E-state index in [4.69, 9.17) is 11.6 Å². The lowest BCUT2D eigenvalue weighted by Crippen LogP contribution is -2.44. The molecule has 3 aromatic rings. The summed E-state index contributed by atoms with van der Waals surface area (Å²) in [7, 11) is 2.10. The van der Waals surface area contributed by atoms with Crippen LogP contribution in [-0.4, -0.2) is 49.0 Å². The molecule has 0 spiro atoms. The Morgan fingerprint density at radius 3 is 2.68 bits per heavy atom. The van der Waals surface area contributed by atoms with E-state index >= 15 is 0 Å². The van der Waals surface area contributed by atoms with E-state index < -0.39 is 5.82 Å². The summed E-state index contributed by atoms with van der Waals surface area (Å²) in [5.74, 6) is -0.341. The second-order valence-corrected chi connectivity index (χ2v) is 9.03. The van der Waals surface area contributed by atoms with Gasteiger partial charge in [-0.1, -0.05) is 24.2 Å². The number of hydrogen-bond acceptors (Lipinski definition) is 7. The maximum Gasteiger partial charge on any atom is 0.247 e. The Morgan fingerprint density at radius 1 is 1.19 bits per heavy atom. The lowest BCUT2D eigenvalue weighted by molar-refractivity contribution is -0.111. The zero-order valence-corrected chi connectivity index (χ0v) is 21.1. The zero-order chi connectivity index (χ0) is 26.4. The maximum atomic E-state index is 14.2. The first-order chi connectivity index (χ1) is 17.9. The SMILES string of the molecule is C=CC(=O)Nc1cc(N2CCN(C)CC2)ccc1Nc1cc(NCc2c(F)cccc2Cl)c(C#N)cn1. The van der Waals surface area contributed by atoms with Gasteiger partial charge >= 0.3 is 0 Å². The van der Waals surface area contributed by atoms with Gasteiger partial charge in [0.05, 0.1) is 22.6 Å². The smallest absolute Gasteiger partial charge is 0.247 e. The first-order valence-corrected chi connectivity index (χ1v) is 12.1. The first-order valence-electron chi connectivity index (χ1n) is 11.7. The van der Waals surface area contributed by atoms with Crippen LogP contribution in [0.1, 0.15) is 11.1 Å². The lowest BCUT2D eigenvalue weighted by atomic mass is 10.1. The molecule has 1 aliphatic heterocycles. The summed E-state index contributed by atoms with van der Waals surface area (Å²) in [6, 6.07) is 14.0. The average Bonchev–Trinajstić information content (AvgIpc) is 2.90. The number of amides is 1. The number of nitrogens with one attached hydrogen (secondary N) is 3. The van der Waals surface area contributed by atoms with Gasteiger partial charge in [-0.3, -0.25) is 4.79 Å². The van der Waals surface area contributed by atoms with Gasteiger partial charge in [-0.15, -0.1) is 0 Å². The van der Waals surface area contributed by atoms with Gasteiger partial charge in [0, 0.05) is 61.3 Å². The number of piperazine rings is 1. The molecule has 1 aromatic heterocycles. The van der Waals surface area contributed by atoms with E-state index in [0.29, 0.717) is 39.0 Å². The summed E-state index contributed by atoms with van der Waals surface area (Å²) < 4.78 is 14.2. The number of carbonyl (C=O) groups is 1. The van der Waals surface area contributed by atoms with E-state index in [0.717, 1.165) is 31.9 Å². The van der Waals surface area contributed by atoms with Crippen LogP contribution in [0.5, 0.6) is 0 Å². The molecule has 8 nitrogen and oxygen atoms in total. The number of halogens is 2. The number of nitrogens with zero attached hydrogens (tertiary/aromatic N) is 4.